The average molecular weight is 467 g/mol. The molecule has 1 atom stereocenters. The van der Waals surface area contributed by atoms with Crippen LogP contribution in [0.3, 0.4) is 0 Å². The Morgan fingerprint density at radius 1 is 1.11 bits per heavy atom. The van der Waals surface area contributed by atoms with Crippen molar-refractivity contribution in [2.75, 3.05) is 18.9 Å². The van der Waals surface area contributed by atoms with E-state index in [0.717, 1.165) is 51.1 Å². The molecular formula is C27H26N6O2. The third-order valence-corrected chi connectivity index (χ3v) is 6.44. The molecule has 0 radical (unpaired) electrons. The van der Waals surface area contributed by atoms with Gasteiger partial charge in [-0.3, -0.25) is 14.6 Å². The number of rotatable bonds is 7. The van der Waals surface area contributed by atoms with E-state index in [1.165, 1.54) is 0 Å². The molecule has 2 amide bonds. The maximum absolute atomic E-state index is 12.3. The lowest BCUT2D eigenvalue weighted by Crippen LogP contribution is -2.18. The third kappa shape index (κ3) is 4.42. The first kappa shape index (κ1) is 22.5. The molecule has 176 valence electrons. The average Bonchev–Trinajstić information content (AvgIpc) is 3.27. The van der Waals surface area contributed by atoms with Gasteiger partial charge >= 0.3 is 0 Å². The van der Waals surface area contributed by atoms with Crippen LogP contribution in [-0.2, 0) is 6.54 Å². The van der Waals surface area contributed by atoms with Crippen molar-refractivity contribution < 1.29 is 9.59 Å². The topological polar surface area (TPSA) is 109 Å². The Kier molecular flexibility index (Phi) is 6.10. The van der Waals surface area contributed by atoms with Gasteiger partial charge in [0.15, 0.2) is 0 Å². The second-order valence-electron chi connectivity index (χ2n) is 8.64. The number of carbonyl (C=O) groups is 2. The lowest BCUT2D eigenvalue weighted by molar-refractivity contribution is 0.0957. The van der Waals surface area contributed by atoms with Crippen LogP contribution in [0.4, 0.5) is 5.82 Å². The zero-order valence-electron chi connectivity index (χ0n) is 19.6. The molecule has 4 aromatic rings. The second kappa shape index (κ2) is 9.50. The summed E-state index contributed by atoms with van der Waals surface area (Å²) in [6, 6.07) is 15.4. The number of pyridine rings is 1. The van der Waals surface area contributed by atoms with E-state index >= 15 is 0 Å². The predicted molar refractivity (Wildman–Crippen MR) is 135 cm³/mol. The van der Waals surface area contributed by atoms with Gasteiger partial charge in [-0.15, -0.1) is 0 Å². The van der Waals surface area contributed by atoms with E-state index in [1.807, 2.05) is 36.4 Å². The van der Waals surface area contributed by atoms with Gasteiger partial charge in [0.1, 0.15) is 12.1 Å². The van der Waals surface area contributed by atoms with Crippen molar-refractivity contribution in [2.45, 2.75) is 25.8 Å². The van der Waals surface area contributed by atoms with Gasteiger partial charge in [-0.2, -0.15) is 0 Å². The number of nitrogens with zero attached hydrogens (tertiary/aromatic N) is 3. The van der Waals surface area contributed by atoms with E-state index in [-0.39, 0.29) is 17.7 Å². The van der Waals surface area contributed by atoms with Crippen LogP contribution in [0, 0.1) is 0 Å². The fourth-order valence-corrected chi connectivity index (χ4v) is 4.50. The van der Waals surface area contributed by atoms with Crippen molar-refractivity contribution >= 4 is 28.5 Å². The van der Waals surface area contributed by atoms with Gasteiger partial charge in [0.05, 0.1) is 16.8 Å². The minimum Gasteiger partial charge on any atom is -0.370 e. The Labute approximate surface area is 203 Å². The fraction of sp³-hybridized carbons (Fsp3) is 0.222. The summed E-state index contributed by atoms with van der Waals surface area (Å²) in [6.07, 6.45) is 4.10. The van der Waals surface area contributed by atoms with Crippen molar-refractivity contribution in [3.05, 3.63) is 83.3 Å². The number of hydrogen-bond acceptors (Lipinski definition) is 6. The summed E-state index contributed by atoms with van der Waals surface area (Å²) in [5, 5.41) is 9.80. The fourth-order valence-electron chi connectivity index (χ4n) is 4.50. The van der Waals surface area contributed by atoms with Crippen LogP contribution in [-0.4, -0.2) is 40.4 Å². The third-order valence-electron chi connectivity index (χ3n) is 6.44. The standard InChI is InChI=1S/C27H26N6O2/c1-16(19-4-3-5-21-22(26(34)28-2)9-11-30-25(19)21)8-10-29-24-13-23(32-15-33-24)17-6-7-20-18(12-17)14-31-27(20)35/h3-7,9,11-13,15-16H,8,10,14H2,1-2H3,(H,28,34)(H,31,35)(H,29,32,33). The highest BCUT2D eigenvalue weighted by Crippen LogP contribution is 2.29. The molecule has 0 bridgehead atoms. The summed E-state index contributed by atoms with van der Waals surface area (Å²) >= 11 is 0. The highest BCUT2D eigenvalue weighted by atomic mass is 16.2. The number of fused-ring (bicyclic) bond motifs is 2. The summed E-state index contributed by atoms with van der Waals surface area (Å²) in [7, 11) is 1.63. The van der Waals surface area contributed by atoms with Gasteiger partial charge in [-0.25, -0.2) is 9.97 Å². The summed E-state index contributed by atoms with van der Waals surface area (Å²) in [5.74, 6) is 0.822. The molecule has 2 aromatic heterocycles. The number of carbonyl (C=O) groups excluding carboxylic acids is 2. The Morgan fingerprint density at radius 2 is 2.00 bits per heavy atom. The van der Waals surface area contributed by atoms with Gasteiger partial charge < -0.3 is 16.0 Å². The van der Waals surface area contributed by atoms with Crippen molar-refractivity contribution in [3.63, 3.8) is 0 Å². The second-order valence-corrected chi connectivity index (χ2v) is 8.64. The first-order valence-corrected chi connectivity index (χ1v) is 11.6. The van der Waals surface area contributed by atoms with Crippen molar-refractivity contribution in [3.8, 4) is 11.3 Å². The van der Waals surface area contributed by atoms with Gasteiger partial charge in [-0.05, 0) is 41.7 Å². The first-order valence-electron chi connectivity index (χ1n) is 11.6. The van der Waals surface area contributed by atoms with Crippen molar-refractivity contribution in [1.29, 1.82) is 0 Å². The smallest absolute Gasteiger partial charge is 0.251 e. The van der Waals surface area contributed by atoms with Gasteiger partial charge in [0, 0.05) is 48.9 Å². The van der Waals surface area contributed by atoms with Crippen LogP contribution in [0.5, 0.6) is 0 Å². The van der Waals surface area contributed by atoms with E-state index in [9.17, 15) is 9.59 Å². The molecular weight excluding hydrogens is 440 g/mol. The maximum atomic E-state index is 12.3. The van der Waals surface area contributed by atoms with Crippen LogP contribution < -0.4 is 16.0 Å². The number of anilines is 1. The molecule has 0 saturated carbocycles. The Morgan fingerprint density at radius 3 is 2.86 bits per heavy atom. The number of para-hydroxylation sites is 1. The predicted octanol–water partition coefficient (Wildman–Crippen LogP) is 3.90. The summed E-state index contributed by atoms with van der Waals surface area (Å²) in [6.45, 7) is 3.42. The molecule has 5 rings (SSSR count). The summed E-state index contributed by atoms with van der Waals surface area (Å²) in [5.41, 5.74) is 6.06. The van der Waals surface area contributed by atoms with Gasteiger partial charge in [0.2, 0.25) is 0 Å². The molecule has 0 spiro atoms. The maximum Gasteiger partial charge on any atom is 0.251 e. The minimum absolute atomic E-state index is 0.0306. The van der Waals surface area contributed by atoms with Crippen LogP contribution in [0.15, 0.2) is 61.1 Å². The minimum atomic E-state index is -0.116. The Hall–Kier alpha value is -4.33. The molecule has 3 heterocycles. The van der Waals surface area contributed by atoms with E-state index < -0.39 is 0 Å². The number of aromatic nitrogens is 3. The highest BCUT2D eigenvalue weighted by Gasteiger charge is 2.19. The van der Waals surface area contributed by atoms with Gasteiger partial charge in [-0.1, -0.05) is 31.2 Å². The molecule has 1 aliphatic rings. The number of hydrogen-bond donors (Lipinski definition) is 3. The van der Waals surface area contributed by atoms with Crippen molar-refractivity contribution in [2.24, 2.45) is 0 Å². The Balaban J connectivity index is 1.28. The van der Waals surface area contributed by atoms with E-state index in [4.69, 9.17) is 0 Å². The van der Waals surface area contributed by atoms with Crippen LogP contribution in [0.2, 0.25) is 0 Å². The molecule has 3 N–H and O–H groups in total. The number of nitrogens with one attached hydrogen (secondary N) is 3. The van der Waals surface area contributed by atoms with E-state index in [0.29, 0.717) is 18.7 Å². The molecule has 0 fully saturated rings. The zero-order valence-corrected chi connectivity index (χ0v) is 19.6. The Bertz CT molecular complexity index is 1430. The normalized spacial score (nSPS) is 13.3. The lowest BCUT2D eigenvalue weighted by atomic mass is 9.93. The molecule has 0 aliphatic carbocycles. The highest BCUT2D eigenvalue weighted by molar-refractivity contribution is 6.06. The van der Waals surface area contributed by atoms with E-state index in [2.05, 4.69) is 43.9 Å². The summed E-state index contributed by atoms with van der Waals surface area (Å²) < 4.78 is 0. The monoisotopic (exact) mass is 466 g/mol. The lowest BCUT2D eigenvalue weighted by Gasteiger charge is -2.16. The molecule has 8 nitrogen and oxygen atoms in total. The van der Waals surface area contributed by atoms with Crippen LogP contribution >= 0.6 is 0 Å². The molecule has 1 aliphatic heterocycles. The number of benzene rings is 2. The molecule has 0 saturated heterocycles. The molecule has 35 heavy (non-hydrogen) atoms. The molecule has 8 heteroatoms. The molecule has 2 aromatic carbocycles. The summed E-state index contributed by atoms with van der Waals surface area (Å²) in [4.78, 5) is 37.4. The van der Waals surface area contributed by atoms with E-state index in [1.54, 1.807) is 25.6 Å². The van der Waals surface area contributed by atoms with Crippen molar-refractivity contribution in [1.82, 2.24) is 25.6 Å². The number of amides is 2. The zero-order chi connectivity index (χ0) is 24.4. The van der Waals surface area contributed by atoms with Crippen LogP contribution in [0.25, 0.3) is 22.2 Å². The SMILES string of the molecule is CNC(=O)c1ccnc2c(C(C)CCNc3cc(-c4ccc5c(c4)CNC5=O)ncn3)cccc12. The first-order chi connectivity index (χ1) is 17.0. The largest absolute Gasteiger partial charge is 0.370 e. The van der Waals surface area contributed by atoms with Gasteiger partial charge in [0.25, 0.3) is 11.8 Å². The van der Waals surface area contributed by atoms with Crippen LogP contribution in [0.1, 0.15) is 51.1 Å². The molecule has 1 unspecified atom stereocenters. The quantitative estimate of drug-likeness (QED) is 0.381.